The van der Waals surface area contributed by atoms with Crippen LogP contribution >= 0.6 is 0 Å². The van der Waals surface area contributed by atoms with E-state index >= 15 is 0 Å². The molecule has 1 aromatic heterocycles. The Morgan fingerprint density at radius 2 is 1.61 bits per heavy atom. The zero-order valence-corrected chi connectivity index (χ0v) is 13.2. The van der Waals surface area contributed by atoms with Crippen LogP contribution in [0.2, 0.25) is 0 Å². The number of ether oxygens (including phenoxy) is 1. The van der Waals surface area contributed by atoms with E-state index in [9.17, 15) is 8.42 Å². The largest absolute Gasteiger partial charge is 0.471 e. The van der Waals surface area contributed by atoms with E-state index in [1.807, 2.05) is 24.3 Å². The van der Waals surface area contributed by atoms with Crippen LogP contribution in [0, 0.1) is 0 Å². The van der Waals surface area contributed by atoms with Crippen molar-refractivity contribution in [3.63, 3.8) is 0 Å². The molecule has 0 saturated heterocycles. The lowest BCUT2D eigenvalue weighted by Gasteiger charge is -2.06. The van der Waals surface area contributed by atoms with Crippen molar-refractivity contribution < 1.29 is 13.2 Å². The van der Waals surface area contributed by atoms with Gasteiger partial charge >= 0.3 is 0 Å². The van der Waals surface area contributed by atoms with Crippen LogP contribution in [0.25, 0.3) is 11.1 Å². The van der Waals surface area contributed by atoms with Crippen LogP contribution in [0.4, 0.5) is 0 Å². The normalized spacial score (nSPS) is 11.3. The molecule has 0 bridgehead atoms. The maximum Gasteiger partial charge on any atom is 0.253 e. The summed E-state index contributed by atoms with van der Waals surface area (Å²) in [5, 5.41) is 9.97. The molecule has 0 radical (unpaired) electrons. The first-order chi connectivity index (χ1) is 11.0. The third-order valence-corrected chi connectivity index (χ3v) is 4.48. The molecule has 0 unspecified atom stereocenters. The number of aromatic nitrogens is 3. The zero-order valence-electron chi connectivity index (χ0n) is 12.4. The van der Waals surface area contributed by atoms with E-state index in [0.29, 0.717) is 17.4 Å². The standard InChI is InChI=1S/C16H15N3O3S/c1-23(20,21)15-8-6-14(7-9-15)13-4-2-12(3-5-13)11-22-16-10-17-19-18-16/h2-10H,11H2,1H3,(H,17,18,19). The molecule has 3 aromatic rings. The highest BCUT2D eigenvalue weighted by Gasteiger charge is 2.07. The van der Waals surface area contributed by atoms with E-state index in [-0.39, 0.29) is 0 Å². The van der Waals surface area contributed by atoms with E-state index in [2.05, 4.69) is 15.4 Å². The third-order valence-electron chi connectivity index (χ3n) is 3.35. The number of rotatable bonds is 5. The van der Waals surface area contributed by atoms with Crippen LogP contribution in [-0.2, 0) is 16.4 Å². The molecule has 7 heteroatoms. The average molecular weight is 329 g/mol. The van der Waals surface area contributed by atoms with Gasteiger partial charge in [0.05, 0.1) is 4.90 Å². The van der Waals surface area contributed by atoms with Gasteiger partial charge in [-0.1, -0.05) is 36.4 Å². The summed E-state index contributed by atoms with van der Waals surface area (Å²) < 4.78 is 28.4. The molecule has 118 valence electrons. The minimum absolute atomic E-state index is 0.318. The van der Waals surface area contributed by atoms with Crippen molar-refractivity contribution in [1.82, 2.24) is 15.4 Å². The Bertz CT molecular complexity index is 871. The molecule has 6 nitrogen and oxygen atoms in total. The number of nitrogens with zero attached hydrogens (tertiary/aromatic N) is 2. The summed E-state index contributed by atoms with van der Waals surface area (Å²) in [6, 6.07) is 14.7. The fraction of sp³-hybridized carbons (Fsp3) is 0.125. The lowest BCUT2D eigenvalue weighted by Crippen LogP contribution is -1.96. The second-order valence-corrected chi connectivity index (χ2v) is 7.11. The van der Waals surface area contributed by atoms with E-state index in [0.717, 1.165) is 16.7 Å². The van der Waals surface area contributed by atoms with Crippen molar-refractivity contribution in [2.45, 2.75) is 11.5 Å². The van der Waals surface area contributed by atoms with Gasteiger partial charge in [-0.25, -0.2) is 8.42 Å². The zero-order chi connectivity index (χ0) is 16.3. The molecule has 0 aliphatic heterocycles. The molecule has 0 aliphatic carbocycles. The van der Waals surface area contributed by atoms with Crippen LogP contribution < -0.4 is 4.74 Å². The number of H-pyrrole nitrogens is 1. The van der Waals surface area contributed by atoms with Gasteiger partial charge < -0.3 is 4.74 Å². The predicted molar refractivity (Wildman–Crippen MR) is 85.7 cm³/mol. The van der Waals surface area contributed by atoms with Gasteiger partial charge in [0.25, 0.3) is 5.88 Å². The first-order valence-electron chi connectivity index (χ1n) is 6.90. The van der Waals surface area contributed by atoms with Gasteiger partial charge in [-0.15, -0.1) is 5.10 Å². The van der Waals surface area contributed by atoms with Crippen molar-refractivity contribution in [1.29, 1.82) is 0 Å². The molecule has 0 fully saturated rings. The first-order valence-corrected chi connectivity index (χ1v) is 8.79. The minimum Gasteiger partial charge on any atom is -0.471 e. The predicted octanol–water partition coefficient (Wildman–Crippen LogP) is 2.45. The minimum atomic E-state index is -3.17. The monoisotopic (exact) mass is 329 g/mol. The third kappa shape index (κ3) is 3.75. The molecule has 2 aromatic carbocycles. The smallest absolute Gasteiger partial charge is 0.253 e. The number of benzene rings is 2. The van der Waals surface area contributed by atoms with E-state index in [4.69, 9.17) is 4.74 Å². The van der Waals surface area contributed by atoms with Gasteiger partial charge in [-0.2, -0.15) is 10.3 Å². The topological polar surface area (TPSA) is 84.9 Å². The summed E-state index contributed by atoms with van der Waals surface area (Å²) in [6.45, 7) is 0.403. The maximum atomic E-state index is 11.5. The molecule has 23 heavy (non-hydrogen) atoms. The van der Waals surface area contributed by atoms with E-state index in [1.54, 1.807) is 24.3 Å². The Balaban J connectivity index is 1.71. The Labute approximate surface area is 134 Å². The number of aromatic amines is 1. The highest BCUT2D eigenvalue weighted by molar-refractivity contribution is 7.90. The summed E-state index contributed by atoms with van der Waals surface area (Å²) >= 11 is 0. The molecular weight excluding hydrogens is 314 g/mol. The quantitative estimate of drug-likeness (QED) is 0.777. The van der Waals surface area contributed by atoms with Gasteiger partial charge in [0.1, 0.15) is 12.8 Å². The second-order valence-electron chi connectivity index (χ2n) is 5.09. The van der Waals surface area contributed by atoms with Crippen LogP contribution in [-0.4, -0.2) is 30.1 Å². The molecule has 0 saturated carbocycles. The number of hydrogen-bond acceptors (Lipinski definition) is 5. The van der Waals surface area contributed by atoms with E-state index in [1.165, 1.54) is 12.5 Å². The van der Waals surface area contributed by atoms with Crippen molar-refractivity contribution in [3.05, 3.63) is 60.3 Å². The Hall–Kier alpha value is -2.67. The van der Waals surface area contributed by atoms with Gasteiger partial charge in [-0.3, -0.25) is 0 Å². The summed E-state index contributed by atoms with van der Waals surface area (Å²) in [6.07, 6.45) is 2.71. The molecule has 1 N–H and O–H groups in total. The fourth-order valence-electron chi connectivity index (χ4n) is 2.11. The highest BCUT2D eigenvalue weighted by atomic mass is 32.2. The van der Waals surface area contributed by atoms with Crippen molar-refractivity contribution in [2.24, 2.45) is 0 Å². The maximum absolute atomic E-state index is 11.5. The lowest BCUT2D eigenvalue weighted by molar-refractivity contribution is 0.293. The number of sulfone groups is 1. The molecule has 0 spiro atoms. The van der Waals surface area contributed by atoms with Crippen LogP contribution in [0.5, 0.6) is 5.88 Å². The first kappa shape index (κ1) is 15.2. The Morgan fingerprint density at radius 1 is 1.00 bits per heavy atom. The van der Waals surface area contributed by atoms with Gasteiger partial charge in [0.15, 0.2) is 9.84 Å². The summed E-state index contributed by atoms with van der Waals surface area (Å²) in [5.74, 6) is 0.449. The Morgan fingerprint density at radius 3 is 2.13 bits per heavy atom. The van der Waals surface area contributed by atoms with E-state index < -0.39 is 9.84 Å². The molecule has 0 atom stereocenters. The van der Waals surface area contributed by atoms with Crippen LogP contribution in [0.3, 0.4) is 0 Å². The summed E-state index contributed by atoms with van der Waals surface area (Å²) in [5.41, 5.74) is 2.97. The van der Waals surface area contributed by atoms with Crippen LogP contribution in [0.15, 0.2) is 59.6 Å². The molecule has 0 amide bonds. The SMILES string of the molecule is CS(=O)(=O)c1ccc(-c2ccc(COc3cn[nH]n3)cc2)cc1. The second kappa shape index (κ2) is 6.21. The molecule has 1 heterocycles. The average Bonchev–Trinajstić information content (AvgIpc) is 3.06. The van der Waals surface area contributed by atoms with Gasteiger partial charge in [-0.05, 0) is 28.8 Å². The Kier molecular flexibility index (Phi) is 4.12. The molecule has 3 rings (SSSR count). The molecule has 0 aliphatic rings. The van der Waals surface area contributed by atoms with Crippen molar-refractivity contribution >= 4 is 9.84 Å². The van der Waals surface area contributed by atoms with Crippen molar-refractivity contribution in [2.75, 3.05) is 6.26 Å². The van der Waals surface area contributed by atoms with Gasteiger partial charge in [0, 0.05) is 6.26 Å². The fourth-order valence-corrected chi connectivity index (χ4v) is 2.74. The molecular formula is C16H15N3O3S. The van der Waals surface area contributed by atoms with Crippen molar-refractivity contribution in [3.8, 4) is 17.0 Å². The summed E-state index contributed by atoms with van der Waals surface area (Å²) in [4.78, 5) is 0.318. The highest BCUT2D eigenvalue weighted by Crippen LogP contribution is 2.22. The number of hydrogen-bond donors (Lipinski definition) is 1. The van der Waals surface area contributed by atoms with Crippen LogP contribution in [0.1, 0.15) is 5.56 Å². The number of nitrogens with one attached hydrogen (secondary N) is 1. The van der Waals surface area contributed by atoms with Gasteiger partial charge in [0.2, 0.25) is 0 Å². The summed E-state index contributed by atoms with van der Waals surface area (Å²) in [7, 11) is -3.17. The lowest BCUT2D eigenvalue weighted by atomic mass is 10.0.